The molecule has 2 aromatic carbocycles. The van der Waals surface area contributed by atoms with E-state index in [1.54, 1.807) is 18.7 Å². The molecule has 0 saturated carbocycles. The third-order valence-corrected chi connectivity index (χ3v) is 4.19. The lowest BCUT2D eigenvalue weighted by atomic mass is 10.2. The predicted octanol–water partition coefficient (Wildman–Crippen LogP) is 4.13. The molecular formula is C18H21NO2S. The van der Waals surface area contributed by atoms with Crippen LogP contribution < -0.4 is 9.64 Å². The summed E-state index contributed by atoms with van der Waals surface area (Å²) < 4.78 is 5.78. The number of hydrogen-bond donors (Lipinski definition) is 0. The molecule has 0 saturated heterocycles. The summed E-state index contributed by atoms with van der Waals surface area (Å²) in [5.74, 6) is 1.85. The fourth-order valence-electron chi connectivity index (χ4n) is 1.96. The number of anilines is 1. The molecule has 0 spiro atoms. The molecule has 0 aliphatic carbocycles. The number of nitrogens with zero attached hydrogens (tertiary/aromatic N) is 1. The average molecular weight is 315 g/mol. The maximum atomic E-state index is 11.2. The van der Waals surface area contributed by atoms with Crippen LogP contribution in [0.1, 0.15) is 17.3 Å². The summed E-state index contributed by atoms with van der Waals surface area (Å²) in [4.78, 5) is 14.4. The second kappa shape index (κ2) is 7.90. The van der Waals surface area contributed by atoms with Gasteiger partial charge in [-0.1, -0.05) is 18.2 Å². The molecule has 4 heteroatoms. The first-order chi connectivity index (χ1) is 10.6. The van der Waals surface area contributed by atoms with E-state index in [2.05, 4.69) is 11.0 Å². The Balaban J connectivity index is 1.79. The first-order valence-corrected chi connectivity index (χ1v) is 8.19. The highest BCUT2D eigenvalue weighted by atomic mass is 32.2. The predicted molar refractivity (Wildman–Crippen MR) is 93.4 cm³/mol. The minimum atomic E-state index is 0.0978. The van der Waals surface area contributed by atoms with Crippen LogP contribution in [0.4, 0.5) is 5.69 Å². The summed E-state index contributed by atoms with van der Waals surface area (Å²) in [7, 11) is 4.03. The van der Waals surface area contributed by atoms with Crippen LogP contribution in [0.2, 0.25) is 0 Å². The summed E-state index contributed by atoms with van der Waals surface area (Å²) in [6.45, 7) is 2.23. The van der Waals surface area contributed by atoms with Crippen LogP contribution in [0, 0.1) is 0 Å². The Morgan fingerprint density at radius 2 is 1.86 bits per heavy atom. The number of carbonyl (C=O) groups is 1. The average Bonchev–Trinajstić information content (AvgIpc) is 2.52. The molecule has 0 radical (unpaired) electrons. The van der Waals surface area contributed by atoms with Gasteiger partial charge in [0.05, 0.1) is 6.61 Å². The molecule has 3 nitrogen and oxygen atoms in total. The highest BCUT2D eigenvalue weighted by Gasteiger charge is 2.01. The standard InChI is InChI=1S/C18H21NO2S/c1-14(20)15-7-9-18(10-8-15)22-12-11-21-17-6-4-5-16(13-17)19(2)3/h4-10,13H,11-12H2,1-3H3. The summed E-state index contributed by atoms with van der Waals surface area (Å²) in [5.41, 5.74) is 1.88. The van der Waals surface area contributed by atoms with Gasteiger partial charge in [0.15, 0.2) is 5.78 Å². The Morgan fingerprint density at radius 1 is 1.14 bits per heavy atom. The smallest absolute Gasteiger partial charge is 0.159 e. The molecule has 0 unspecified atom stereocenters. The Bertz CT molecular complexity index is 623. The van der Waals surface area contributed by atoms with E-state index < -0.39 is 0 Å². The van der Waals surface area contributed by atoms with Crippen LogP contribution in [-0.4, -0.2) is 32.2 Å². The van der Waals surface area contributed by atoms with Crippen molar-refractivity contribution in [1.82, 2.24) is 0 Å². The number of ketones is 1. The number of carbonyl (C=O) groups excluding carboxylic acids is 1. The Hall–Kier alpha value is -1.94. The molecule has 0 bridgehead atoms. The van der Waals surface area contributed by atoms with Crippen molar-refractivity contribution in [3.8, 4) is 5.75 Å². The first kappa shape index (κ1) is 16.4. The number of ether oxygens (including phenoxy) is 1. The molecule has 0 fully saturated rings. The second-order valence-electron chi connectivity index (χ2n) is 5.17. The van der Waals surface area contributed by atoms with E-state index in [9.17, 15) is 4.79 Å². The fourth-order valence-corrected chi connectivity index (χ4v) is 2.69. The first-order valence-electron chi connectivity index (χ1n) is 7.20. The van der Waals surface area contributed by atoms with Crippen molar-refractivity contribution in [2.75, 3.05) is 31.4 Å². The lowest BCUT2D eigenvalue weighted by molar-refractivity contribution is 0.101. The van der Waals surface area contributed by atoms with Gasteiger partial charge in [-0.15, -0.1) is 11.8 Å². The maximum absolute atomic E-state index is 11.2. The van der Waals surface area contributed by atoms with Gasteiger partial charge in [-0.05, 0) is 31.2 Å². The van der Waals surface area contributed by atoms with Gasteiger partial charge < -0.3 is 9.64 Å². The molecule has 0 aliphatic heterocycles. The van der Waals surface area contributed by atoms with Crippen LogP contribution in [0.25, 0.3) is 0 Å². The van der Waals surface area contributed by atoms with Crippen LogP contribution in [0.5, 0.6) is 5.75 Å². The molecule has 116 valence electrons. The van der Waals surface area contributed by atoms with Gasteiger partial charge in [-0.3, -0.25) is 4.79 Å². The lowest BCUT2D eigenvalue weighted by Gasteiger charge is -2.14. The molecule has 0 aromatic heterocycles. The van der Waals surface area contributed by atoms with E-state index in [0.29, 0.717) is 6.61 Å². The lowest BCUT2D eigenvalue weighted by Crippen LogP contribution is -2.08. The van der Waals surface area contributed by atoms with E-state index in [-0.39, 0.29) is 5.78 Å². The molecule has 0 heterocycles. The van der Waals surface area contributed by atoms with Crippen molar-refractivity contribution < 1.29 is 9.53 Å². The molecule has 0 atom stereocenters. The number of rotatable bonds is 7. The minimum Gasteiger partial charge on any atom is -0.493 e. The number of hydrogen-bond acceptors (Lipinski definition) is 4. The van der Waals surface area contributed by atoms with Crippen molar-refractivity contribution in [2.45, 2.75) is 11.8 Å². The van der Waals surface area contributed by atoms with Gasteiger partial charge in [0.2, 0.25) is 0 Å². The minimum absolute atomic E-state index is 0.0978. The van der Waals surface area contributed by atoms with Gasteiger partial charge >= 0.3 is 0 Å². The maximum Gasteiger partial charge on any atom is 0.159 e. The Labute approximate surface area is 136 Å². The van der Waals surface area contributed by atoms with Crippen molar-refractivity contribution >= 4 is 23.2 Å². The van der Waals surface area contributed by atoms with Crippen LogP contribution >= 0.6 is 11.8 Å². The van der Waals surface area contributed by atoms with Gasteiger partial charge in [0.25, 0.3) is 0 Å². The third kappa shape index (κ3) is 4.81. The van der Waals surface area contributed by atoms with E-state index in [0.717, 1.165) is 27.6 Å². The summed E-state index contributed by atoms with van der Waals surface area (Å²) in [6.07, 6.45) is 0. The zero-order valence-corrected chi connectivity index (χ0v) is 14.0. The summed E-state index contributed by atoms with van der Waals surface area (Å²) >= 11 is 1.72. The topological polar surface area (TPSA) is 29.5 Å². The summed E-state index contributed by atoms with van der Waals surface area (Å²) in [5, 5.41) is 0. The fraction of sp³-hybridized carbons (Fsp3) is 0.278. The second-order valence-corrected chi connectivity index (χ2v) is 6.34. The van der Waals surface area contributed by atoms with Crippen molar-refractivity contribution in [2.24, 2.45) is 0 Å². The Kier molecular flexibility index (Phi) is 5.90. The van der Waals surface area contributed by atoms with Gasteiger partial charge in [-0.2, -0.15) is 0 Å². The molecule has 2 aromatic rings. The highest BCUT2D eigenvalue weighted by molar-refractivity contribution is 7.99. The molecule has 0 N–H and O–H groups in total. The van der Waals surface area contributed by atoms with E-state index >= 15 is 0 Å². The Morgan fingerprint density at radius 3 is 2.50 bits per heavy atom. The molecule has 2 rings (SSSR count). The number of benzene rings is 2. The molecule has 22 heavy (non-hydrogen) atoms. The number of thioether (sulfide) groups is 1. The normalized spacial score (nSPS) is 10.3. The van der Waals surface area contributed by atoms with E-state index in [1.807, 2.05) is 56.6 Å². The van der Waals surface area contributed by atoms with Gasteiger partial charge in [-0.25, -0.2) is 0 Å². The zero-order valence-electron chi connectivity index (χ0n) is 13.2. The molecule has 0 aliphatic rings. The SMILES string of the molecule is CC(=O)c1ccc(SCCOc2cccc(N(C)C)c2)cc1. The summed E-state index contributed by atoms with van der Waals surface area (Å²) in [6, 6.07) is 15.8. The van der Waals surface area contributed by atoms with Crippen LogP contribution in [0.15, 0.2) is 53.4 Å². The van der Waals surface area contributed by atoms with E-state index in [4.69, 9.17) is 4.74 Å². The van der Waals surface area contributed by atoms with Gasteiger partial charge in [0, 0.05) is 42.1 Å². The van der Waals surface area contributed by atoms with Crippen molar-refractivity contribution in [1.29, 1.82) is 0 Å². The van der Waals surface area contributed by atoms with Crippen molar-refractivity contribution in [3.63, 3.8) is 0 Å². The van der Waals surface area contributed by atoms with Gasteiger partial charge in [0.1, 0.15) is 5.75 Å². The third-order valence-electron chi connectivity index (χ3n) is 3.22. The van der Waals surface area contributed by atoms with Crippen LogP contribution in [0.3, 0.4) is 0 Å². The quantitative estimate of drug-likeness (QED) is 0.436. The molecule has 0 amide bonds. The van der Waals surface area contributed by atoms with Crippen molar-refractivity contribution in [3.05, 3.63) is 54.1 Å². The number of Topliss-reactive ketones (excluding diaryl/α,β-unsaturated/α-hetero) is 1. The van der Waals surface area contributed by atoms with Crippen LogP contribution in [-0.2, 0) is 0 Å². The van der Waals surface area contributed by atoms with E-state index in [1.165, 1.54) is 0 Å². The largest absolute Gasteiger partial charge is 0.493 e. The zero-order chi connectivity index (χ0) is 15.9. The monoisotopic (exact) mass is 315 g/mol. The highest BCUT2D eigenvalue weighted by Crippen LogP contribution is 2.21. The molecular weight excluding hydrogens is 294 g/mol.